The zero-order chi connectivity index (χ0) is 19.2. The minimum atomic E-state index is -0.530. The van der Waals surface area contributed by atoms with Gasteiger partial charge in [0.2, 0.25) is 5.91 Å². The van der Waals surface area contributed by atoms with E-state index in [1.165, 1.54) is 12.1 Å². The first-order valence-corrected chi connectivity index (χ1v) is 9.59. The fourth-order valence-electron chi connectivity index (χ4n) is 3.00. The van der Waals surface area contributed by atoms with E-state index in [1.807, 2.05) is 35.2 Å². The molecule has 1 heterocycles. The molecule has 0 saturated carbocycles. The molecule has 3 rings (SSSR count). The van der Waals surface area contributed by atoms with Crippen molar-refractivity contribution >= 4 is 27.7 Å². The van der Waals surface area contributed by atoms with Gasteiger partial charge in [-0.05, 0) is 23.8 Å². The zero-order valence-electron chi connectivity index (χ0n) is 14.8. The molecule has 0 bridgehead atoms. The van der Waals surface area contributed by atoms with Crippen molar-refractivity contribution in [1.29, 1.82) is 0 Å². The maximum absolute atomic E-state index is 14.0. The standard InChI is InChI=1S/C20H21BrFN3O2/c21-16-6-7-17(18(22)12-16)20(27)25-10-8-24(9-11-25)14-19(26)23-13-15-4-2-1-3-5-15/h1-7,12H,8-11,13-14H2,(H,23,26). The topological polar surface area (TPSA) is 52.7 Å². The Morgan fingerprint density at radius 2 is 1.74 bits per heavy atom. The summed E-state index contributed by atoms with van der Waals surface area (Å²) in [4.78, 5) is 28.2. The van der Waals surface area contributed by atoms with E-state index >= 15 is 0 Å². The van der Waals surface area contributed by atoms with E-state index in [-0.39, 0.29) is 17.4 Å². The van der Waals surface area contributed by atoms with Crippen molar-refractivity contribution < 1.29 is 14.0 Å². The summed E-state index contributed by atoms with van der Waals surface area (Å²) in [7, 11) is 0. The number of carbonyl (C=O) groups excluding carboxylic acids is 2. The molecule has 0 aliphatic carbocycles. The Bertz CT molecular complexity index is 808. The molecule has 1 saturated heterocycles. The first-order valence-electron chi connectivity index (χ1n) is 8.80. The van der Waals surface area contributed by atoms with Crippen LogP contribution in [-0.2, 0) is 11.3 Å². The van der Waals surface area contributed by atoms with Crippen LogP contribution in [0.1, 0.15) is 15.9 Å². The quantitative estimate of drug-likeness (QED) is 0.788. The Balaban J connectivity index is 1.45. The molecule has 0 aromatic heterocycles. The van der Waals surface area contributed by atoms with Crippen LogP contribution in [0.25, 0.3) is 0 Å². The normalized spacial score (nSPS) is 14.8. The van der Waals surface area contributed by atoms with E-state index in [9.17, 15) is 14.0 Å². The lowest BCUT2D eigenvalue weighted by atomic mass is 10.1. The van der Waals surface area contributed by atoms with Crippen LogP contribution in [0.15, 0.2) is 53.0 Å². The number of piperazine rings is 1. The molecule has 0 atom stereocenters. The molecule has 0 radical (unpaired) electrons. The summed E-state index contributed by atoms with van der Waals surface area (Å²) in [5, 5.41) is 2.90. The van der Waals surface area contributed by atoms with Crippen LogP contribution in [0.3, 0.4) is 0 Å². The Morgan fingerprint density at radius 1 is 1.04 bits per heavy atom. The van der Waals surface area contributed by atoms with E-state index in [4.69, 9.17) is 0 Å². The van der Waals surface area contributed by atoms with E-state index < -0.39 is 5.82 Å². The van der Waals surface area contributed by atoms with Crippen molar-refractivity contribution in [2.24, 2.45) is 0 Å². The Morgan fingerprint density at radius 3 is 2.41 bits per heavy atom. The van der Waals surface area contributed by atoms with E-state index in [0.29, 0.717) is 43.7 Å². The van der Waals surface area contributed by atoms with Crippen LogP contribution in [0.5, 0.6) is 0 Å². The van der Waals surface area contributed by atoms with Gasteiger partial charge in [-0.2, -0.15) is 0 Å². The van der Waals surface area contributed by atoms with Crippen LogP contribution in [-0.4, -0.2) is 54.3 Å². The van der Waals surface area contributed by atoms with E-state index in [1.54, 1.807) is 11.0 Å². The van der Waals surface area contributed by atoms with Gasteiger partial charge in [-0.3, -0.25) is 14.5 Å². The molecule has 5 nitrogen and oxygen atoms in total. The van der Waals surface area contributed by atoms with Gasteiger partial charge in [0.25, 0.3) is 5.91 Å². The van der Waals surface area contributed by atoms with E-state index in [0.717, 1.165) is 5.56 Å². The lowest BCUT2D eigenvalue weighted by Gasteiger charge is -2.34. The summed E-state index contributed by atoms with van der Waals surface area (Å²) >= 11 is 3.19. The molecule has 1 N–H and O–H groups in total. The van der Waals surface area contributed by atoms with Gasteiger partial charge in [0, 0.05) is 37.2 Å². The van der Waals surface area contributed by atoms with Gasteiger partial charge in [0.05, 0.1) is 12.1 Å². The second-order valence-electron chi connectivity index (χ2n) is 6.45. The SMILES string of the molecule is O=C(CN1CCN(C(=O)c2ccc(Br)cc2F)CC1)NCc1ccccc1. The summed E-state index contributed by atoms with van der Waals surface area (Å²) < 4.78 is 14.6. The minimum absolute atomic E-state index is 0.0439. The van der Waals surface area contributed by atoms with Crippen molar-refractivity contribution in [3.8, 4) is 0 Å². The number of rotatable bonds is 5. The molecule has 2 amide bonds. The van der Waals surface area contributed by atoms with Crippen molar-refractivity contribution in [1.82, 2.24) is 15.1 Å². The number of nitrogens with zero attached hydrogens (tertiary/aromatic N) is 2. The third kappa shape index (κ3) is 5.37. The Labute approximate surface area is 166 Å². The molecule has 7 heteroatoms. The highest BCUT2D eigenvalue weighted by Gasteiger charge is 2.25. The number of amides is 2. The van der Waals surface area contributed by atoms with Gasteiger partial charge >= 0.3 is 0 Å². The first kappa shape index (κ1) is 19.5. The van der Waals surface area contributed by atoms with Gasteiger partial charge in [-0.15, -0.1) is 0 Å². The summed E-state index contributed by atoms with van der Waals surface area (Å²) in [6.07, 6.45) is 0. The van der Waals surface area contributed by atoms with Gasteiger partial charge in [0.1, 0.15) is 5.82 Å². The number of halogens is 2. The lowest BCUT2D eigenvalue weighted by Crippen LogP contribution is -2.51. The highest BCUT2D eigenvalue weighted by molar-refractivity contribution is 9.10. The zero-order valence-corrected chi connectivity index (χ0v) is 16.4. The van der Waals surface area contributed by atoms with Crippen LogP contribution >= 0.6 is 15.9 Å². The highest BCUT2D eigenvalue weighted by Crippen LogP contribution is 2.17. The summed E-state index contributed by atoms with van der Waals surface area (Å²) in [6.45, 7) is 2.91. The fourth-order valence-corrected chi connectivity index (χ4v) is 3.33. The number of nitrogens with one attached hydrogen (secondary N) is 1. The first-order chi connectivity index (χ1) is 13.0. The number of benzene rings is 2. The summed E-state index contributed by atoms with van der Waals surface area (Å²) in [5.41, 5.74) is 1.13. The minimum Gasteiger partial charge on any atom is -0.351 e. The van der Waals surface area contributed by atoms with Crippen molar-refractivity contribution in [2.75, 3.05) is 32.7 Å². The predicted molar refractivity (Wildman–Crippen MR) is 105 cm³/mol. The van der Waals surface area contributed by atoms with Gasteiger partial charge in [-0.25, -0.2) is 4.39 Å². The number of carbonyl (C=O) groups is 2. The number of hydrogen-bond donors (Lipinski definition) is 1. The van der Waals surface area contributed by atoms with Crippen molar-refractivity contribution in [2.45, 2.75) is 6.54 Å². The van der Waals surface area contributed by atoms with E-state index in [2.05, 4.69) is 21.2 Å². The third-order valence-electron chi connectivity index (χ3n) is 4.52. The molecule has 142 valence electrons. The molecule has 27 heavy (non-hydrogen) atoms. The Hall–Kier alpha value is -2.25. The maximum atomic E-state index is 14.0. The molecule has 1 fully saturated rings. The van der Waals surface area contributed by atoms with Crippen LogP contribution in [0, 0.1) is 5.82 Å². The Kier molecular flexibility index (Phi) is 6.58. The van der Waals surface area contributed by atoms with Gasteiger partial charge in [0.15, 0.2) is 0 Å². The number of hydrogen-bond acceptors (Lipinski definition) is 3. The summed E-state index contributed by atoms with van der Waals surface area (Å²) in [6, 6.07) is 14.2. The van der Waals surface area contributed by atoms with Crippen molar-refractivity contribution in [3.63, 3.8) is 0 Å². The molecule has 2 aromatic carbocycles. The van der Waals surface area contributed by atoms with Gasteiger partial charge in [-0.1, -0.05) is 46.3 Å². The smallest absolute Gasteiger partial charge is 0.256 e. The molecule has 1 aliphatic heterocycles. The van der Waals surface area contributed by atoms with Crippen LogP contribution < -0.4 is 5.32 Å². The highest BCUT2D eigenvalue weighted by atomic mass is 79.9. The maximum Gasteiger partial charge on any atom is 0.256 e. The molecule has 0 unspecified atom stereocenters. The monoisotopic (exact) mass is 433 g/mol. The molecule has 0 spiro atoms. The van der Waals surface area contributed by atoms with Crippen LogP contribution in [0.4, 0.5) is 4.39 Å². The largest absolute Gasteiger partial charge is 0.351 e. The van der Waals surface area contributed by atoms with Crippen molar-refractivity contribution in [3.05, 3.63) is 69.9 Å². The average Bonchev–Trinajstić information content (AvgIpc) is 2.67. The average molecular weight is 434 g/mol. The lowest BCUT2D eigenvalue weighted by molar-refractivity contribution is -0.122. The fraction of sp³-hybridized carbons (Fsp3) is 0.300. The molecular weight excluding hydrogens is 413 g/mol. The molecule has 1 aliphatic rings. The second kappa shape index (κ2) is 9.10. The van der Waals surface area contributed by atoms with Gasteiger partial charge < -0.3 is 10.2 Å². The van der Waals surface area contributed by atoms with Crippen LogP contribution in [0.2, 0.25) is 0 Å². The second-order valence-corrected chi connectivity index (χ2v) is 7.37. The summed E-state index contributed by atoms with van der Waals surface area (Å²) in [5.74, 6) is -0.886. The third-order valence-corrected chi connectivity index (χ3v) is 5.01. The molecule has 2 aromatic rings. The molecular formula is C20H21BrFN3O2. The predicted octanol–water partition coefficient (Wildman–Crippen LogP) is 2.66.